The van der Waals surface area contributed by atoms with Crippen LogP contribution < -0.4 is 10.5 Å². The predicted octanol–water partition coefficient (Wildman–Crippen LogP) is 1.94. The number of aryl methyl sites for hydroxylation is 1. The van der Waals surface area contributed by atoms with E-state index in [1.165, 1.54) is 30.5 Å². The zero-order valence-electron chi connectivity index (χ0n) is 11.0. The summed E-state index contributed by atoms with van der Waals surface area (Å²) in [4.78, 5) is 14.8. The van der Waals surface area contributed by atoms with E-state index in [1.807, 2.05) is 0 Å². The summed E-state index contributed by atoms with van der Waals surface area (Å²) in [5.41, 5.74) is 6.28. The quantitative estimate of drug-likeness (QED) is 0.838. The number of carbonyl (C=O) groups is 1. The van der Waals surface area contributed by atoms with Crippen LogP contribution in [0.4, 0.5) is 5.69 Å². The lowest BCUT2D eigenvalue weighted by Crippen LogP contribution is -2.15. The highest BCUT2D eigenvalue weighted by Gasteiger charge is 2.16. The molecule has 0 radical (unpaired) electrons. The summed E-state index contributed by atoms with van der Waals surface area (Å²) in [5.74, 6) is -0.627. The standard InChI is InChI=1S/C13H12ClN3O3S/c1-8-6-11(12(14)16-7-8)17-21(19,20)10-4-2-9(3-5-10)13(15)18/h2-7,17H,1H3,(H2,15,18). The van der Waals surface area contributed by atoms with Crippen molar-refractivity contribution in [1.29, 1.82) is 0 Å². The number of nitrogens with zero attached hydrogens (tertiary/aromatic N) is 1. The molecule has 1 aromatic heterocycles. The van der Waals surface area contributed by atoms with Gasteiger partial charge >= 0.3 is 0 Å². The molecular formula is C13H12ClN3O3S. The molecule has 3 N–H and O–H groups in total. The van der Waals surface area contributed by atoms with Gasteiger partial charge in [-0.1, -0.05) is 11.6 Å². The molecule has 0 saturated heterocycles. The number of nitrogens with one attached hydrogen (secondary N) is 1. The zero-order chi connectivity index (χ0) is 15.6. The average molecular weight is 326 g/mol. The lowest BCUT2D eigenvalue weighted by Gasteiger charge is -2.10. The Hall–Kier alpha value is -2.12. The van der Waals surface area contributed by atoms with Gasteiger partial charge in [0.1, 0.15) is 0 Å². The first-order valence-electron chi connectivity index (χ1n) is 5.84. The monoisotopic (exact) mass is 325 g/mol. The second kappa shape index (κ2) is 5.71. The van der Waals surface area contributed by atoms with Crippen LogP contribution in [0.25, 0.3) is 0 Å². The van der Waals surface area contributed by atoms with Crippen molar-refractivity contribution in [2.24, 2.45) is 5.73 Å². The van der Waals surface area contributed by atoms with Crippen LogP contribution in [0.15, 0.2) is 41.4 Å². The molecule has 0 aliphatic heterocycles. The highest BCUT2D eigenvalue weighted by atomic mass is 35.5. The number of primary amides is 1. The molecule has 0 aliphatic carbocycles. The predicted molar refractivity (Wildman–Crippen MR) is 79.8 cm³/mol. The molecule has 2 aromatic rings. The number of hydrogen-bond donors (Lipinski definition) is 2. The van der Waals surface area contributed by atoms with Gasteiger partial charge in [0.2, 0.25) is 5.91 Å². The summed E-state index contributed by atoms with van der Waals surface area (Å²) in [7, 11) is -3.82. The molecule has 1 amide bonds. The van der Waals surface area contributed by atoms with Crippen LogP contribution in [-0.2, 0) is 10.0 Å². The van der Waals surface area contributed by atoms with Gasteiger partial charge < -0.3 is 5.73 Å². The van der Waals surface area contributed by atoms with Crippen molar-refractivity contribution in [2.45, 2.75) is 11.8 Å². The minimum atomic E-state index is -3.82. The van der Waals surface area contributed by atoms with Crippen LogP contribution in [0.5, 0.6) is 0 Å². The van der Waals surface area contributed by atoms with Crippen LogP contribution in [0.1, 0.15) is 15.9 Å². The number of anilines is 1. The molecule has 2 rings (SSSR count). The summed E-state index contributed by atoms with van der Waals surface area (Å²) in [6, 6.07) is 6.84. The van der Waals surface area contributed by atoms with Crippen LogP contribution in [0.2, 0.25) is 5.15 Å². The van der Waals surface area contributed by atoms with E-state index < -0.39 is 15.9 Å². The second-order valence-corrected chi connectivity index (χ2v) is 6.39. The Kier molecular flexibility index (Phi) is 4.15. The summed E-state index contributed by atoms with van der Waals surface area (Å²) in [6.45, 7) is 1.77. The van der Waals surface area contributed by atoms with E-state index >= 15 is 0 Å². The number of carbonyl (C=O) groups excluding carboxylic acids is 1. The van der Waals surface area contributed by atoms with E-state index in [2.05, 4.69) is 9.71 Å². The van der Waals surface area contributed by atoms with Crippen molar-refractivity contribution < 1.29 is 13.2 Å². The number of nitrogens with two attached hydrogens (primary N) is 1. The lowest BCUT2D eigenvalue weighted by molar-refractivity contribution is 0.1000. The van der Waals surface area contributed by atoms with E-state index in [-0.39, 0.29) is 21.3 Å². The number of hydrogen-bond acceptors (Lipinski definition) is 4. The maximum absolute atomic E-state index is 12.2. The zero-order valence-corrected chi connectivity index (χ0v) is 12.6. The Bertz CT molecular complexity index is 789. The third kappa shape index (κ3) is 3.50. The normalized spacial score (nSPS) is 11.1. The number of halogens is 1. The summed E-state index contributed by atoms with van der Waals surface area (Å²) in [6.07, 6.45) is 1.53. The molecule has 0 unspecified atom stereocenters. The van der Waals surface area contributed by atoms with Gasteiger partial charge in [-0.2, -0.15) is 0 Å². The van der Waals surface area contributed by atoms with E-state index in [1.54, 1.807) is 13.0 Å². The number of amides is 1. The Morgan fingerprint density at radius 3 is 2.48 bits per heavy atom. The minimum absolute atomic E-state index is 0.00919. The first kappa shape index (κ1) is 15.3. The third-order valence-electron chi connectivity index (χ3n) is 2.67. The highest BCUT2D eigenvalue weighted by Crippen LogP contribution is 2.23. The number of aromatic nitrogens is 1. The molecule has 0 aliphatic rings. The average Bonchev–Trinajstić information content (AvgIpc) is 2.43. The first-order valence-corrected chi connectivity index (χ1v) is 7.70. The fraction of sp³-hybridized carbons (Fsp3) is 0.0769. The van der Waals surface area contributed by atoms with Gasteiger partial charge in [0.05, 0.1) is 10.6 Å². The lowest BCUT2D eigenvalue weighted by atomic mass is 10.2. The van der Waals surface area contributed by atoms with Crippen LogP contribution in [0, 0.1) is 6.92 Å². The third-order valence-corrected chi connectivity index (χ3v) is 4.35. The van der Waals surface area contributed by atoms with Crippen molar-refractivity contribution in [1.82, 2.24) is 4.98 Å². The Labute approximate surface area is 127 Å². The largest absolute Gasteiger partial charge is 0.366 e. The van der Waals surface area contributed by atoms with E-state index in [0.29, 0.717) is 0 Å². The number of benzene rings is 1. The molecule has 110 valence electrons. The molecule has 6 nitrogen and oxygen atoms in total. The number of pyridine rings is 1. The van der Waals surface area contributed by atoms with Crippen molar-refractivity contribution in [3.8, 4) is 0 Å². The van der Waals surface area contributed by atoms with E-state index in [9.17, 15) is 13.2 Å². The summed E-state index contributed by atoms with van der Waals surface area (Å²) in [5, 5.41) is 0.0536. The summed E-state index contributed by atoms with van der Waals surface area (Å²) < 4.78 is 26.8. The molecule has 0 bridgehead atoms. The Morgan fingerprint density at radius 2 is 1.90 bits per heavy atom. The molecule has 8 heteroatoms. The summed E-state index contributed by atoms with van der Waals surface area (Å²) >= 11 is 5.86. The van der Waals surface area contributed by atoms with Gasteiger partial charge in [-0.05, 0) is 42.8 Å². The topological polar surface area (TPSA) is 102 Å². The maximum atomic E-state index is 12.2. The molecule has 0 fully saturated rings. The van der Waals surface area contributed by atoms with E-state index in [0.717, 1.165) is 5.56 Å². The Balaban J connectivity index is 2.34. The van der Waals surface area contributed by atoms with Crippen molar-refractivity contribution in [3.63, 3.8) is 0 Å². The molecule has 1 aromatic carbocycles. The van der Waals surface area contributed by atoms with Gasteiger partial charge in [-0.25, -0.2) is 13.4 Å². The number of rotatable bonds is 4. The number of sulfonamides is 1. The van der Waals surface area contributed by atoms with Gasteiger partial charge in [0, 0.05) is 11.8 Å². The maximum Gasteiger partial charge on any atom is 0.261 e. The van der Waals surface area contributed by atoms with Crippen LogP contribution >= 0.6 is 11.6 Å². The highest BCUT2D eigenvalue weighted by molar-refractivity contribution is 7.92. The molecule has 1 heterocycles. The van der Waals surface area contributed by atoms with Crippen LogP contribution in [-0.4, -0.2) is 19.3 Å². The minimum Gasteiger partial charge on any atom is -0.366 e. The molecule has 0 atom stereocenters. The molecular weight excluding hydrogens is 314 g/mol. The van der Waals surface area contributed by atoms with Crippen LogP contribution in [0.3, 0.4) is 0 Å². The molecule has 0 saturated carbocycles. The Morgan fingerprint density at radius 1 is 1.29 bits per heavy atom. The van der Waals surface area contributed by atoms with Crippen molar-refractivity contribution in [2.75, 3.05) is 4.72 Å². The SMILES string of the molecule is Cc1cnc(Cl)c(NS(=O)(=O)c2ccc(C(N)=O)cc2)c1. The fourth-order valence-corrected chi connectivity index (χ4v) is 2.89. The van der Waals surface area contributed by atoms with E-state index in [4.69, 9.17) is 17.3 Å². The van der Waals surface area contributed by atoms with Gasteiger partial charge in [-0.3, -0.25) is 9.52 Å². The van der Waals surface area contributed by atoms with Crippen molar-refractivity contribution in [3.05, 3.63) is 52.8 Å². The first-order chi connectivity index (χ1) is 9.79. The fourth-order valence-electron chi connectivity index (χ4n) is 1.63. The van der Waals surface area contributed by atoms with Gasteiger partial charge in [0.25, 0.3) is 10.0 Å². The van der Waals surface area contributed by atoms with Gasteiger partial charge in [0.15, 0.2) is 5.15 Å². The smallest absolute Gasteiger partial charge is 0.261 e. The van der Waals surface area contributed by atoms with Crippen molar-refractivity contribution >= 4 is 33.2 Å². The van der Waals surface area contributed by atoms with Gasteiger partial charge in [-0.15, -0.1) is 0 Å². The molecule has 21 heavy (non-hydrogen) atoms. The second-order valence-electron chi connectivity index (χ2n) is 4.35. The molecule has 0 spiro atoms.